The van der Waals surface area contributed by atoms with Crippen LogP contribution < -0.4 is 10.6 Å². The Kier molecular flexibility index (Phi) is 2.86. The van der Waals surface area contributed by atoms with Crippen LogP contribution in [-0.2, 0) is 0 Å². The minimum absolute atomic E-state index is 0.660. The average molecular weight is 151 g/mol. The lowest BCUT2D eigenvalue weighted by molar-refractivity contribution is 0.868. The molecule has 1 rings (SSSR count). The van der Waals surface area contributed by atoms with Gasteiger partial charge in [0, 0.05) is 26.3 Å². The molecule has 1 aromatic rings. The van der Waals surface area contributed by atoms with E-state index in [-0.39, 0.29) is 0 Å². The first-order valence-corrected chi connectivity index (χ1v) is 3.67. The number of rotatable bonds is 3. The highest BCUT2D eigenvalue weighted by Gasteiger charge is 1.97. The van der Waals surface area contributed by atoms with E-state index in [1.807, 2.05) is 30.1 Å². The molecule has 0 radical (unpaired) electrons. The lowest BCUT2D eigenvalue weighted by Crippen LogP contribution is -2.25. The Bertz CT molecular complexity index is 198. The molecule has 0 fully saturated rings. The molecule has 0 atom stereocenters. The second-order valence-corrected chi connectivity index (χ2v) is 2.40. The van der Waals surface area contributed by atoms with Gasteiger partial charge in [-0.1, -0.05) is 6.07 Å². The van der Waals surface area contributed by atoms with Gasteiger partial charge >= 0.3 is 0 Å². The Morgan fingerprint density at radius 2 is 2.36 bits per heavy atom. The van der Waals surface area contributed by atoms with Crippen LogP contribution in [0.2, 0.25) is 0 Å². The number of nitrogens with zero attached hydrogens (tertiary/aromatic N) is 2. The maximum Gasteiger partial charge on any atom is 0.128 e. The quantitative estimate of drug-likeness (QED) is 0.683. The van der Waals surface area contributed by atoms with Gasteiger partial charge in [-0.05, 0) is 12.1 Å². The topological polar surface area (TPSA) is 42.1 Å². The van der Waals surface area contributed by atoms with E-state index in [0.29, 0.717) is 6.54 Å². The van der Waals surface area contributed by atoms with Crippen LogP contribution in [0.15, 0.2) is 24.4 Å². The summed E-state index contributed by atoms with van der Waals surface area (Å²) in [6.45, 7) is 1.50. The zero-order valence-electron chi connectivity index (χ0n) is 6.70. The van der Waals surface area contributed by atoms with Crippen molar-refractivity contribution < 1.29 is 0 Å². The Labute approximate surface area is 66.8 Å². The predicted molar refractivity (Wildman–Crippen MR) is 46.6 cm³/mol. The monoisotopic (exact) mass is 151 g/mol. The maximum atomic E-state index is 5.40. The molecule has 0 unspecified atom stereocenters. The average Bonchev–Trinajstić information content (AvgIpc) is 2.07. The molecule has 60 valence electrons. The van der Waals surface area contributed by atoms with E-state index < -0.39 is 0 Å². The number of aromatic nitrogens is 1. The van der Waals surface area contributed by atoms with Gasteiger partial charge in [0.25, 0.3) is 0 Å². The third kappa shape index (κ3) is 2.20. The summed E-state index contributed by atoms with van der Waals surface area (Å²) >= 11 is 0. The van der Waals surface area contributed by atoms with Crippen molar-refractivity contribution in [2.45, 2.75) is 0 Å². The predicted octanol–water partition coefficient (Wildman–Crippen LogP) is 0.476. The minimum atomic E-state index is 0.660. The van der Waals surface area contributed by atoms with Crippen LogP contribution in [0.1, 0.15) is 0 Å². The molecular weight excluding hydrogens is 138 g/mol. The summed E-state index contributed by atoms with van der Waals surface area (Å²) in [4.78, 5) is 6.20. The SMILES string of the molecule is CN(CCN)c1ccccn1. The number of hydrogen-bond acceptors (Lipinski definition) is 3. The fourth-order valence-electron chi connectivity index (χ4n) is 0.888. The lowest BCUT2D eigenvalue weighted by atomic mass is 10.4. The maximum absolute atomic E-state index is 5.40. The first-order valence-electron chi connectivity index (χ1n) is 3.67. The van der Waals surface area contributed by atoms with Crippen molar-refractivity contribution in [1.82, 2.24) is 4.98 Å². The third-order valence-corrected chi connectivity index (χ3v) is 1.50. The van der Waals surface area contributed by atoms with Crippen molar-refractivity contribution in [3.8, 4) is 0 Å². The van der Waals surface area contributed by atoms with Crippen molar-refractivity contribution >= 4 is 5.82 Å². The van der Waals surface area contributed by atoms with Gasteiger partial charge in [-0.3, -0.25) is 0 Å². The van der Waals surface area contributed by atoms with Gasteiger partial charge in [0.15, 0.2) is 0 Å². The van der Waals surface area contributed by atoms with E-state index in [2.05, 4.69) is 4.98 Å². The van der Waals surface area contributed by atoms with E-state index in [9.17, 15) is 0 Å². The van der Waals surface area contributed by atoms with Crippen LogP contribution >= 0.6 is 0 Å². The second-order valence-electron chi connectivity index (χ2n) is 2.40. The largest absolute Gasteiger partial charge is 0.358 e. The lowest BCUT2D eigenvalue weighted by Gasteiger charge is -2.15. The van der Waals surface area contributed by atoms with Crippen LogP contribution in [-0.4, -0.2) is 25.1 Å². The molecule has 0 aromatic carbocycles. The van der Waals surface area contributed by atoms with E-state index >= 15 is 0 Å². The number of anilines is 1. The minimum Gasteiger partial charge on any atom is -0.358 e. The van der Waals surface area contributed by atoms with Crippen LogP contribution in [0.5, 0.6) is 0 Å². The molecule has 0 saturated heterocycles. The summed E-state index contributed by atoms with van der Waals surface area (Å²) in [7, 11) is 1.98. The molecule has 0 bridgehead atoms. The molecule has 0 aliphatic carbocycles. The van der Waals surface area contributed by atoms with Crippen LogP contribution in [0.3, 0.4) is 0 Å². The van der Waals surface area contributed by atoms with Crippen LogP contribution in [0, 0.1) is 0 Å². The smallest absolute Gasteiger partial charge is 0.128 e. The van der Waals surface area contributed by atoms with Gasteiger partial charge in [-0.2, -0.15) is 0 Å². The molecule has 3 nitrogen and oxygen atoms in total. The van der Waals surface area contributed by atoms with E-state index in [4.69, 9.17) is 5.73 Å². The Morgan fingerprint density at radius 3 is 2.91 bits per heavy atom. The van der Waals surface area contributed by atoms with Crippen LogP contribution in [0.4, 0.5) is 5.82 Å². The van der Waals surface area contributed by atoms with Crippen molar-refractivity contribution in [2.24, 2.45) is 5.73 Å². The van der Waals surface area contributed by atoms with Gasteiger partial charge < -0.3 is 10.6 Å². The molecule has 0 spiro atoms. The summed E-state index contributed by atoms with van der Waals surface area (Å²) in [6, 6.07) is 5.84. The van der Waals surface area contributed by atoms with E-state index in [1.54, 1.807) is 6.20 Å². The Balaban J connectivity index is 2.61. The standard InChI is InChI=1S/C8H13N3/c1-11(7-5-9)8-4-2-3-6-10-8/h2-4,6H,5,7,9H2,1H3. The van der Waals surface area contributed by atoms with E-state index in [0.717, 1.165) is 12.4 Å². The highest BCUT2D eigenvalue weighted by molar-refractivity contribution is 5.36. The molecule has 1 aromatic heterocycles. The summed E-state index contributed by atoms with van der Waals surface area (Å²) in [5, 5.41) is 0. The van der Waals surface area contributed by atoms with Crippen molar-refractivity contribution in [2.75, 3.05) is 25.0 Å². The fraction of sp³-hybridized carbons (Fsp3) is 0.375. The molecule has 2 N–H and O–H groups in total. The summed E-state index contributed by atoms with van der Waals surface area (Å²) in [5.74, 6) is 0.970. The zero-order chi connectivity index (χ0) is 8.10. The zero-order valence-corrected chi connectivity index (χ0v) is 6.70. The normalized spacial score (nSPS) is 9.64. The van der Waals surface area contributed by atoms with Crippen molar-refractivity contribution in [3.05, 3.63) is 24.4 Å². The number of likely N-dealkylation sites (N-methyl/N-ethyl adjacent to an activating group) is 1. The summed E-state index contributed by atoms with van der Waals surface area (Å²) < 4.78 is 0. The first kappa shape index (κ1) is 8.01. The van der Waals surface area contributed by atoms with Gasteiger partial charge in [0.1, 0.15) is 5.82 Å². The van der Waals surface area contributed by atoms with E-state index in [1.165, 1.54) is 0 Å². The van der Waals surface area contributed by atoms with Gasteiger partial charge in [-0.25, -0.2) is 4.98 Å². The summed E-state index contributed by atoms with van der Waals surface area (Å²) in [6.07, 6.45) is 1.78. The molecule has 11 heavy (non-hydrogen) atoms. The van der Waals surface area contributed by atoms with Gasteiger partial charge in [0.2, 0.25) is 0 Å². The number of pyridine rings is 1. The summed E-state index contributed by atoms with van der Waals surface area (Å²) in [5.41, 5.74) is 5.40. The molecule has 1 heterocycles. The molecule has 3 heteroatoms. The Hall–Kier alpha value is -1.09. The molecular formula is C8H13N3. The number of nitrogens with two attached hydrogens (primary N) is 1. The molecule has 0 saturated carbocycles. The number of hydrogen-bond donors (Lipinski definition) is 1. The molecule has 0 amide bonds. The fourth-order valence-corrected chi connectivity index (χ4v) is 0.888. The third-order valence-electron chi connectivity index (χ3n) is 1.50. The van der Waals surface area contributed by atoms with Crippen LogP contribution in [0.25, 0.3) is 0 Å². The first-order chi connectivity index (χ1) is 5.34. The van der Waals surface area contributed by atoms with Gasteiger partial charge in [0.05, 0.1) is 0 Å². The van der Waals surface area contributed by atoms with Crippen molar-refractivity contribution in [3.63, 3.8) is 0 Å². The highest BCUT2D eigenvalue weighted by Crippen LogP contribution is 2.04. The highest BCUT2D eigenvalue weighted by atomic mass is 15.2. The molecule has 0 aliphatic heterocycles. The Morgan fingerprint density at radius 1 is 1.55 bits per heavy atom. The second kappa shape index (κ2) is 3.93. The van der Waals surface area contributed by atoms with Crippen molar-refractivity contribution in [1.29, 1.82) is 0 Å². The van der Waals surface area contributed by atoms with Gasteiger partial charge in [-0.15, -0.1) is 0 Å². The molecule has 0 aliphatic rings.